The Labute approximate surface area is 99.5 Å². The summed E-state index contributed by atoms with van der Waals surface area (Å²) in [6, 6.07) is 0.587. The van der Waals surface area contributed by atoms with Gasteiger partial charge in [0.25, 0.3) is 5.91 Å². The van der Waals surface area contributed by atoms with E-state index >= 15 is 0 Å². The molecule has 16 heavy (non-hydrogen) atoms. The summed E-state index contributed by atoms with van der Waals surface area (Å²) in [6.45, 7) is 3.77. The SMILES string of the molecule is Cc1ncc(C(=O)NCCC2CCCN2)s1. The molecule has 1 amide bonds. The molecule has 0 aromatic carbocycles. The lowest BCUT2D eigenvalue weighted by atomic mass is 10.1. The lowest BCUT2D eigenvalue weighted by molar-refractivity contribution is 0.0956. The van der Waals surface area contributed by atoms with E-state index in [0.717, 1.165) is 24.5 Å². The normalized spacial score (nSPS) is 19.9. The number of amides is 1. The number of nitrogens with zero attached hydrogens (tertiary/aromatic N) is 1. The van der Waals surface area contributed by atoms with Crippen LogP contribution in [0.4, 0.5) is 0 Å². The molecule has 2 heterocycles. The van der Waals surface area contributed by atoms with Crippen molar-refractivity contribution in [1.29, 1.82) is 0 Å². The number of nitrogens with one attached hydrogen (secondary N) is 2. The van der Waals surface area contributed by atoms with E-state index in [0.29, 0.717) is 10.9 Å². The van der Waals surface area contributed by atoms with E-state index < -0.39 is 0 Å². The summed E-state index contributed by atoms with van der Waals surface area (Å²) < 4.78 is 0. The van der Waals surface area contributed by atoms with E-state index in [4.69, 9.17) is 0 Å². The van der Waals surface area contributed by atoms with Crippen molar-refractivity contribution in [2.24, 2.45) is 0 Å². The molecule has 4 nitrogen and oxygen atoms in total. The fraction of sp³-hybridized carbons (Fsp3) is 0.636. The van der Waals surface area contributed by atoms with E-state index in [1.165, 1.54) is 24.2 Å². The van der Waals surface area contributed by atoms with Crippen molar-refractivity contribution in [3.63, 3.8) is 0 Å². The minimum Gasteiger partial charge on any atom is -0.351 e. The first-order valence-corrected chi connectivity index (χ1v) is 6.51. The van der Waals surface area contributed by atoms with Crippen molar-refractivity contribution in [1.82, 2.24) is 15.6 Å². The van der Waals surface area contributed by atoms with Gasteiger partial charge in [-0.1, -0.05) is 0 Å². The van der Waals surface area contributed by atoms with E-state index in [2.05, 4.69) is 15.6 Å². The Kier molecular flexibility index (Phi) is 3.90. The van der Waals surface area contributed by atoms with Gasteiger partial charge in [0.2, 0.25) is 0 Å². The summed E-state index contributed by atoms with van der Waals surface area (Å²) in [5.41, 5.74) is 0. The molecule has 1 atom stereocenters. The molecule has 0 saturated carbocycles. The van der Waals surface area contributed by atoms with Gasteiger partial charge in [0, 0.05) is 12.6 Å². The van der Waals surface area contributed by atoms with Crippen LogP contribution in [0.25, 0.3) is 0 Å². The molecule has 1 aliphatic rings. The first-order chi connectivity index (χ1) is 7.75. The van der Waals surface area contributed by atoms with Crippen LogP contribution in [0.15, 0.2) is 6.20 Å². The predicted molar refractivity (Wildman–Crippen MR) is 64.8 cm³/mol. The fourth-order valence-electron chi connectivity index (χ4n) is 1.92. The van der Waals surface area contributed by atoms with Crippen molar-refractivity contribution in [2.75, 3.05) is 13.1 Å². The molecule has 1 aromatic heterocycles. The van der Waals surface area contributed by atoms with Crippen LogP contribution >= 0.6 is 11.3 Å². The number of carbonyl (C=O) groups excluding carboxylic acids is 1. The second kappa shape index (κ2) is 5.41. The molecule has 5 heteroatoms. The molecule has 0 bridgehead atoms. The van der Waals surface area contributed by atoms with Gasteiger partial charge in [0.15, 0.2) is 0 Å². The topological polar surface area (TPSA) is 54.0 Å². The van der Waals surface area contributed by atoms with E-state index in [1.807, 2.05) is 6.92 Å². The summed E-state index contributed by atoms with van der Waals surface area (Å²) in [7, 11) is 0. The van der Waals surface area contributed by atoms with Crippen LogP contribution < -0.4 is 10.6 Å². The highest BCUT2D eigenvalue weighted by atomic mass is 32.1. The van der Waals surface area contributed by atoms with Gasteiger partial charge in [-0.2, -0.15) is 0 Å². The summed E-state index contributed by atoms with van der Waals surface area (Å²) in [5.74, 6) is 0.00333. The first kappa shape index (κ1) is 11.5. The van der Waals surface area contributed by atoms with Gasteiger partial charge in [0.1, 0.15) is 4.88 Å². The molecule has 2 rings (SSSR count). The molecule has 2 N–H and O–H groups in total. The third-order valence-corrected chi connectivity index (χ3v) is 3.70. The maximum atomic E-state index is 11.7. The zero-order valence-electron chi connectivity index (χ0n) is 9.45. The lowest BCUT2D eigenvalue weighted by Crippen LogP contribution is -2.30. The van der Waals surface area contributed by atoms with Crippen LogP contribution in [-0.2, 0) is 0 Å². The predicted octanol–water partition coefficient (Wildman–Crippen LogP) is 1.32. The van der Waals surface area contributed by atoms with Crippen molar-refractivity contribution in [3.05, 3.63) is 16.1 Å². The second-order valence-corrected chi connectivity index (χ2v) is 5.32. The van der Waals surface area contributed by atoms with Crippen LogP contribution in [0, 0.1) is 6.92 Å². The Hall–Kier alpha value is -0.940. The number of hydrogen-bond acceptors (Lipinski definition) is 4. The van der Waals surface area contributed by atoms with Gasteiger partial charge in [-0.3, -0.25) is 4.79 Å². The van der Waals surface area contributed by atoms with Crippen LogP contribution in [0.1, 0.15) is 33.9 Å². The van der Waals surface area contributed by atoms with Crippen molar-refractivity contribution >= 4 is 17.2 Å². The molecular weight excluding hydrogens is 222 g/mol. The Balaban J connectivity index is 1.71. The smallest absolute Gasteiger partial charge is 0.263 e. The van der Waals surface area contributed by atoms with Crippen molar-refractivity contribution in [2.45, 2.75) is 32.2 Å². The maximum Gasteiger partial charge on any atom is 0.263 e. The highest BCUT2D eigenvalue weighted by Gasteiger charge is 2.14. The molecule has 1 aromatic rings. The van der Waals surface area contributed by atoms with Gasteiger partial charge in [-0.05, 0) is 32.7 Å². The number of aryl methyl sites for hydroxylation is 1. The van der Waals surface area contributed by atoms with Gasteiger partial charge in [-0.25, -0.2) is 4.98 Å². The summed E-state index contributed by atoms with van der Waals surface area (Å²) in [5, 5.41) is 7.28. The highest BCUT2D eigenvalue weighted by Crippen LogP contribution is 2.11. The Morgan fingerprint density at radius 1 is 1.75 bits per heavy atom. The van der Waals surface area contributed by atoms with E-state index in [-0.39, 0.29) is 5.91 Å². The van der Waals surface area contributed by atoms with Gasteiger partial charge in [-0.15, -0.1) is 11.3 Å². The standard InChI is InChI=1S/C11H17N3OS/c1-8-14-7-10(16-8)11(15)13-6-4-9-3-2-5-12-9/h7,9,12H,2-6H2,1H3,(H,13,15). The van der Waals surface area contributed by atoms with Crippen molar-refractivity contribution < 1.29 is 4.79 Å². The molecule has 0 spiro atoms. The third-order valence-electron chi connectivity index (χ3n) is 2.79. The monoisotopic (exact) mass is 239 g/mol. The molecule has 1 aliphatic heterocycles. The van der Waals surface area contributed by atoms with E-state index in [1.54, 1.807) is 6.20 Å². The van der Waals surface area contributed by atoms with Crippen LogP contribution in [0.3, 0.4) is 0 Å². The summed E-state index contributed by atoms with van der Waals surface area (Å²) >= 11 is 1.44. The minimum atomic E-state index is 0.00333. The fourth-order valence-corrected chi connectivity index (χ4v) is 2.61. The number of thiazole rings is 1. The Morgan fingerprint density at radius 3 is 3.25 bits per heavy atom. The molecule has 1 saturated heterocycles. The average Bonchev–Trinajstić information content (AvgIpc) is 2.89. The first-order valence-electron chi connectivity index (χ1n) is 5.70. The minimum absolute atomic E-state index is 0.00333. The van der Waals surface area contributed by atoms with E-state index in [9.17, 15) is 4.79 Å². The molecule has 1 fully saturated rings. The molecule has 1 unspecified atom stereocenters. The maximum absolute atomic E-state index is 11.7. The number of hydrogen-bond donors (Lipinski definition) is 2. The Morgan fingerprint density at radius 2 is 2.62 bits per heavy atom. The zero-order valence-corrected chi connectivity index (χ0v) is 10.3. The molecular formula is C11H17N3OS. The van der Waals surface area contributed by atoms with Gasteiger partial charge in [0.05, 0.1) is 11.2 Å². The third kappa shape index (κ3) is 3.02. The quantitative estimate of drug-likeness (QED) is 0.833. The second-order valence-electron chi connectivity index (χ2n) is 4.08. The number of carbonyl (C=O) groups is 1. The highest BCUT2D eigenvalue weighted by molar-refractivity contribution is 7.13. The van der Waals surface area contributed by atoms with Crippen LogP contribution in [0.5, 0.6) is 0 Å². The molecule has 0 radical (unpaired) electrons. The number of rotatable bonds is 4. The molecule has 88 valence electrons. The summed E-state index contributed by atoms with van der Waals surface area (Å²) in [6.07, 6.45) is 5.15. The summed E-state index contributed by atoms with van der Waals surface area (Å²) in [4.78, 5) is 16.4. The molecule has 0 aliphatic carbocycles. The van der Waals surface area contributed by atoms with Crippen molar-refractivity contribution in [3.8, 4) is 0 Å². The van der Waals surface area contributed by atoms with Gasteiger partial charge >= 0.3 is 0 Å². The largest absolute Gasteiger partial charge is 0.351 e. The zero-order chi connectivity index (χ0) is 11.4. The number of aromatic nitrogens is 1. The van der Waals surface area contributed by atoms with Gasteiger partial charge < -0.3 is 10.6 Å². The Bertz CT molecular complexity index is 358. The average molecular weight is 239 g/mol. The van der Waals surface area contributed by atoms with Crippen LogP contribution in [0.2, 0.25) is 0 Å². The van der Waals surface area contributed by atoms with Crippen LogP contribution in [-0.4, -0.2) is 30.0 Å². The lowest BCUT2D eigenvalue weighted by Gasteiger charge is -2.09.